The molecule has 132 valence electrons. The van der Waals surface area contributed by atoms with Crippen molar-refractivity contribution in [2.24, 2.45) is 5.73 Å². The number of carbonyl (C=O) groups is 3. The fourth-order valence-corrected chi connectivity index (χ4v) is 2.68. The number of aromatic nitrogens is 1. The molecule has 2 heterocycles. The normalized spacial score (nSPS) is 11.4. The van der Waals surface area contributed by atoms with Gasteiger partial charge in [-0.25, -0.2) is 9.78 Å². The third kappa shape index (κ3) is 4.54. The van der Waals surface area contributed by atoms with Crippen LogP contribution in [0.4, 0.5) is 5.00 Å². The van der Waals surface area contributed by atoms with Crippen LogP contribution in [-0.4, -0.2) is 35.5 Å². The first-order valence-corrected chi connectivity index (χ1v) is 8.29. The molecule has 8 nitrogen and oxygen atoms in total. The van der Waals surface area contributed by atoms with Crippen molar-refractivity contribution in [1.29, 1.82) is 0 Å². The predicted octanol–water partition coefficient (Wildman–Crippen LogP) is 1.82. The van der Waals surface area contributed by atoms with Crippen LogP contribution >= 0.6 is 11.3 Å². The SMILES string of the molecule is CCOc1ncccc1C(=O)OC(C)C(=O)Nc1sccc1C(N)=O. The van der Waals surface area contributed by atoms with Gasteiger partial charge in [-0.05, 0) is 37.4 Å². The molecule has 0 aliphatic carbocycles. The number of primary amides is 1. The minimum atomic E-state index is -1.09. The van der Waals surface area contributed by atoms with E-state index in [2.05, 4.69) is 10.3 Å². The highest BCUT2D eigenvalue weighted by Gasteiger charge is 2.23. The Morgan fingerprint density at radius 2 is 2.08 bits per heavy atom. The summed E-state index contributed by atoms with van der Waals surface area (Å²) in [6, 6.07) is 4.56. The van der Waals surface area contributed by atoms with E-state index < -0.39 is 23.9 Å². The molecule has 2 rings (SSSR count). The molecule has 0 aliphatic rings. The Kier molecular flexibility index (Phi) is 6.07. The quantitative estimate of drug-likeness (QED) is 0.724. The van der Waals surface area contributed by atoms with Crippen molar-refractivity contribution in [1.82, 2.24) is 4.98 Å². The molecule has 0 fully saturated rings. The number of nitrogens with one attached hydrogen (secondary N) is 1. The zero-order chi connectivity index (χ0) is 18.4. The van der Waals surface area contributed by atoms with Gasteiger partial charge >= 0.3 is 5.97 Å². The Morgan fingerprint density at radius 1 is 1.32 bits per heavy atom. The van der Waals surface area contributed by atoms with Crippen LogP contribution in [0.1, 0.15) is 34.6 Å². The van der Waals surface area contributed by atoms with Crippen LogP contribution < -0.4 is 15.8 Å². The highest BCUT2D eigenvalue weighted by Crippen LogP contribution is 2.23. The number of anilines is 1. The van der Waals surface area contributed by atoms with Gasteiger partial charge in [-0.3, -0.25) is 9.59 Å². The number of hydrogen-bond donors (Lipinski definition) is 2. The summed E-state index contributed by atoms with van der Waals surface area (Å²) in [4.78, 5) is 39.6. The van der Waals surface area contributed by atoms with E-state index in [0.717, 1.165) is 11.3 Å². The molecular formula is C16H17N3O5S. The van der Waals surface area contributed by atoms with E-state index >= 15 is 0 Å². The Balaban J connectivity index is 2.05. The smallest absolute Gasteiger partial charge is 0.344 e. The van der Waals surface area contributed by atoms with Crippen LogP contribution in [0.2, 0.25) is 0 Å². The van der Waals surface area contributed by atoms with E-state index in [1.165, 1.54) is 25.3 Å². The summed E-state index contributed by atoms with van der Waals surface area (Å²) in [5.41, 5.74) is 5.54. The van der Waals surface area contributed by atoms with Crippen molar-refractivity contribution in [3.05, 3.63) is 40.9 Å². The number of amides is 2. The highest BCUT2D eigenvalue weighted by molar-refractivity contribution is 7.14. The van der Waals surface area contributed by atoms with Crippen LogP contribution in [0.5, 0.6) is 5.88 Å². The summed E-state index contributed by atoms with van der Waals surface area (Å²) < 4.78 is 10.4. The van der Waals surface area contributed by atoms with Gasteiger partial charge in [0.1, 0.15) is 10.6 Å². The number of rotatable bonds is 7. The number of nitrogens with two attached hydrogens (primary N) is 1. The van der Waals surface area contributed by atoms with Gasteiger partial charge in [-0.1, -0.05) is 0 Å². The van der Waals surface area contributed by atoms with Crippen LogP contribution in [-0.2, 0) is 9.53 Å². The minimum Gasteiger partial charge on any atom is -0.477 e. The molecule has 9 heteroatoms. The van der Waals surface area contributed by atoms with Crippen LogP contribution in [0.3, 0.4) is 0 Å². The molecule has 0 spiro atoms. The molecule has 0 aliphatic heterocycles. The molecule has 25 heavy (non-hydrogen) atoms. The fourth-order valence-electron chi connectivity index (χ4n) is 1.89. The van der Waals surface area contributed by atoms with E-state index in [1.54, 1.807) is 18.4 Å². The molecule has 0 saturated carbocycles. The lowest BCUT2D eigenvalue weighted by atomic mass is 10.2. The maximum absolute atomic E-state index is 12.2. The van der Waals surface area contributed by atoms with E-state index in [4.69, 9.17) is 15.2 Å². The second-order valence-electron chi connectivity index (χ2n) is 4.85. The number of nitrogens with zero attached hydrogens (tertiary/aromatic N) is 1. The van der Waals surface area contributed by atoms with Gasteiger partial charge in [0.2, 0.25) is 5.88 Å². The van der Waals surface area contributed by atoms with Gasteiger partial charge in [0, 0.05) is 6.20 Å². The molecule has 0 saturated heterocycles. The summed E-state index contributed by atoms with van der Waals surface area (Å²) in [6.07, 6.45) is 0.394. The standard InChI is InChI=1S/C16H17N3O5S/c1-3-23-14-11(5-4-7-18-14)16(22)24-9(2)13(21)19-15-10(12(17)20)6-8-25-15/h4-9H,3H2,1-2H3,(H2,17,20)(H,19,21). The molecular weight excluding hydrogens is 346 g/mol. The van der Waals surface area contributed by atoms with Gasteiger partial charge in [-0.15, -0.1) is 11.3 Å². The van der Waals surface area contributed by atoms with Crippen molar-refractivity contribution in [2.45, 2.75) is 20.0 Å². The molecule has 2 aromatic rings. The van der Waals surface area contributed by atoms with Crippen molar-refractivity contribution in [3.8, 4) is 5.88 Å². The van der Waals surface area contributed by atoms with Crippen molar-refractivity contribution in [2.75, 3.05) is 11.9 Å². The van der Waals surface area contributed by atoms with Crippen LogP contribution in [0, 0.1) is 0 Å². The summed E-state index contributed by atoms with van der Waals surface area (Å²) in [6.45, 7) is 3.51. The van der Waals surface area contributed by atoms with E-state index in [9.17, 15) is 14.4 Å². The van der Waals surface area contributed by atoms with Gasteiger partial charge in [-0.2, -0.15) is 0 Å². The number of pyridine rings is 1. The minimum absolute atomic E-state index is 0.123. The topological polar surface area (TPSA) is 121 Å². The fraction of sp³-hybridized carbons (Fsp3) is 0.250. The van der Waals surface area contributed by atoms with E-state index in [1.807, 2.05) is 0 Å². The first kappa shape index (κ1) is 18.4. The largest absolute Gasteiger partial charge is 0.477 e. The summed E-state index contributed by atoms with van der Waals surface area (Å²) in [7, 11) is 0. The number of thiophene rings is 1. The zero-order valence-corrected chi connectivity index (χ0v) is 14.5. The Hall–Kier alpha value is -2.94. The lowest BCUT2D eigenvalue weighted by molar-refractivity contribution is -0.123. The summed E-state index contributed by atoms with van der Waals surface area (Å²) in [5.74, 6) is -1.84. The Labute approximate surface area is 148 Å². The first-order valence-electron chi connectivity index (χ1n) is 7.41. The Bertz CT molecular complexity index is 790. The van der Waals surface area contributed by atoms with Crippen LogP contribution in [0.15, 0.2) is 29.8 Å². The molecule has 0 aromatic carbocycles. The zero-order valence-electron chi connectivity index (χ0n) is 13.6. The third-order valence-corrected chi connectivity index (χ3v) is 3.92. The molecule has 0 bridgehead atoms. The van der Waals surface area contributed by atoms with E-state index in [0.29, 0.717) is 11.6 Å². The molecule has 2 aromatic heterocycles. The van der Waals surface area contributed by atoms with Crippen molar-refractivity contribution < 1.29 is 23.9 Å². The third-order valence-electron chi connectivity index (χ3n) is 3.09. The number of esters is 1. The maximum atomic E-state index is 12.2. The monoisotopic (exact) mass is 363 g/mol. The average Bonchev–Trinajstić information content (AvgIpc) is 3.03. The summed E-state index contributed by atoms with van der Waals surface area (Å²) >= 11 is 1.14. The second kappa shape index (κ2) is 8.25. The first-order chi connectivity index (χ1) is 11.9. The van der Waals surface area contributed by atoms with Crippen molar-refractivity contribution in [3.63, 3.8) is 0 Å². The Morgan fingerprint density at radius 3 is 2.76 bits per heavy atom. The number of carbonyl (C=O) groups excluding carboxylic acids is 3. The maximum Gasteiger partial charge on any atom is 0.344 e. The summed E-state index contributed by atoms with van der Waals surface area (Å²) in [5, 5.41) is 4.45. The number of ether oxygens (including phenoxy) is 2. The van der Waals surface area contributed by atoms with Crippen molar-refractivity contribution >= 4 is 34.1 Å². The molecule has 1 unspecified atom stereocenters. The molecule has 1 atom stereocenters. The van der Waals surface area contributed by atoms with E-state index in [-0.39, 0.29) is 17.0 Å². The predicted molar refractivity (Wildman–Crippen MR) is 91.8 cm³/mol. The van der Waals surface area contributed by atoms with Gasteiger partial charge < -0.3 is 20.5 Å². The number of hydrogen-bond acceptors (Lipinski definition) is 7. The second-order valence-corrected chi connectivity index (χ2v) is 5.77. The van der Waals surface area contributed by atoms with Gasteiger partial charge in [0.05, 0.1) is 12.2 Å². The van der Waals surface area contributed by atoms with Gasteiger partial charge in [0.25, 0.3) is 11.8 Å². The van der Waals surface area contributed by atoms with Crippen LogP contribution in [0.25, 0.3) is 0 Å². The molecule has 2 amide bonds. The van der Waals surface area contributed by atoms with Gasteiger partial charge in [0.15, 0.2) is 6.10 Å². The highest BCUT2D eigenvalue weighted by atomic mass is 32.1. The lowest BCUT2D eigenvalue weighted by Crippen LogP contribution is -2.30. The molecule has 0 radical (unpaired) electrons. The molecule has 3 N–H and O–H groups in total. The average molecular weight is 363 g/mol. The lowest BCUT2D eigenvalue weighted by Gasteiger charge is -2.14.